The lowest BCUT2D eigenvalue weighted by atomic mass is 10.0. The molecule has 0 bridgehead atoms. The maximum absolute atomic E-state index is 11.5. The molecule has 0 atom stereocenters. The highest BCUT2D eigenvalue weighted by Gasteiger charge is 2.17. The van der Waals surface area contributed by atoms with E-state index in [1.807, 2.05) is 13.0 Å². The summed E-state index contributed by atoms with van der Waals surface area (Å²) in [6, 6.07) is 3.63. The van der Waals surface area contributed by atoms with Gasteiger partial charge in [-0.05, 0) is 24.1 Å². The second kappa shape index (κ2) is 5.03. The van der Waals surface area contributed by atoms with Crippen molar-refractivity contribution in [1.29, 1.82) is 0 Å². The third-order valence-electron chi connectivity index (χ3n) is 2.08. The summed E-state index contributed by atoms with van der Waals surface area (Å²) >= 11 is 5.77. The first-order valence-electron chi connectivity index (χ1n) is 4.45. The van der Waals surface area contributed by atoms with Gasteiger partial charge in [-0.1, -0.05) is 6.07 Å². The fourth-order valence-electron chi connectivity index (χ4n) is 1.43. The summed E-state index contributed by atoms with van der Waals surface area (Å²) in [5, 5.41) is 0. The zero-order valence-corrected chi connectivity index (χ0v) is 9.72. The molecule has 0 unspecified atom stereocenters. The number of aryl methyl sites for hydroxylation is 1. The quantitative estimate of drug-likeness (QED) is 0.589. The van der Waals surface area contributed by atoms with Crippen LogP contribution in [0.1, 0.15) is 21.5 Å². The van der Waals surface area contributed by atoms with E-state index in [1.165, 1.54) is 14.2 Å². The Morgan fingerprint density at radius 1 is 1.40 bits per heavy atom. The summed E-state index contributed by atoms with van der Waals surface area (Å²) in [5.41, 5.74) is 2.12. The molecule has 0 aliphatic heterocycles. The summed E-state index contributed by atoms with van der Waals surface area (Å²) in [6.07, 6.45) is 0. The Bertz CT molecular complexity index is 349. The molecular weight excluding hydrogens is 216 g/mol. The minimum absolute atomic E-state index is 0.252. The van der Waals surface area contributed by atoms with Crippen LogP contribution in [0.3, 0.4) is 0 Å². The van der Waals surface area contributed by atoms with E-state index in [-0.39, 0.29) is 5.88 Å². The summed E-state index contributed by atoms with van der Waals surface area (Å²) in [5.74, 6) is 0.322. The number of benzene rings is 1. The van der Waals surface area contributed by atoms with Crippen molar-refractivity contribution >= 4 is 17.6 Å². The minimum atomic E-state index is -0.428. The van der Waals surface area contributed by atoms with Crippen LogP contribution in [0.4, 0.5) is 0 Å². The number of ether oxygens (including phenoxy) is 2. The molecule has 0 saturated carbocycles. The zero-order valence-electron chi connectivity index (χ0n) is 8.96. The average Bonchev–Trinajstić information content (AvgIpc) is 2.26. The van der Waals surface area contributed by atoms with Crippen LogP contribution in [0.5, 0.6) is 5.75 Å². The van der Waals surface area contributed by atoms with Crippen LogP contribution in [-0.4, -0.2) is 20.2 Å². The first-order valence-corrected chi connectivity index (χ1v) is 4.99. The van der Waals surface area contributed by atoms with E-state index in [4.69, 9.17) is 16.3 Å². The Kier molecular flexibility index (Phi) is 3.97. The molecule has 0 radical (unpaired) electrons. The number of rotatable bonds is 3. The van der Waals surface area contributed by atoms with Gasteiger partial charge < -0.3 is 9.47 Å². The molecule has 0 saturated heterocycles. The van der Waals surface area contributed by atoms with Crippen molar-refractivity contribution in [2.24, 2.45) is 0 Å². The highest BCUT2D eigenvalue weighted by Crippen LogP contribution is 2.26. The number of alkyl halides is 1. The normalized spacial score (nSPS) is 9.87. The lowest BCUT2D eigenvalue weighted by Gasteiger charge is -2.11. The summed E-state index contributed by atoms with van der Waals surface area (Å²) in [6.45, 7) is 1.92. The van der Waals surface area contributed by atoms with Crippen molar-refractivity contribution in [2.45, 2.75) is 12.8 Å². The van der Waals surface area contributed by atoms with Gasteiger partial charge >= 0.3 is 5.97 Å². The summed E-state index contributed by atoms with van der Waals surface area (Å²) < 4.78 is 9.82. The second-order valence-corrected chi connectivity index (χ2v) is 3.39. The van der Waals surface area contributed by atoms with E-state index in [0.717, 1.165) is 11.1 Å². The van der Waals surface area contributed by atoms with Gasteiger partial charge in [0.15, 0.2) is 0 Å². The molecule has 0 amide bonds. The van der Waals surface area contributed by atoms with E-state index >= 15 is 0 Å². The van der Waals surface area contributed by atoms with Gasteiger partial charge in [-0.15, -0.1) is 11.6 Å². The number of carbonyl (C=O) groups excluding carboxylic acids is 1. The predicted molar refractivity (Wildman–Crippen MR) is 58.6 cm³/mol. The maximum Gasteiger partial charge on any atom is 0.341 e. The number of halogens is 1. The van der Waals surface area contributed by atoms with Crippen LogP contribution in [0.25, 0.3) is 0 Å². The van der Waals surface area contributed by atoms with Crippen molar-refractivity contribution < 1.29 is 14.3 Å². The first kappa shape index (κ1) is 11.9. The fraction of sp³-hybridized carbons (Fsp3) is 0.364. The molecule has 0 fully saturated rings. The summed E-state index contributed by atoms with van der Waals surface area (Å²) in [4.78, 5) is 11.5. The number of methoxy groups -OCH3 is 2. The molecule has 1 aromatic rings. The highest BCUT2D eigenvalue weighted by atomic mass is 35.5. The Hall–Kier alpha value is -1.22. The fourth-order valence-corrected chi connectivity index (χ4v) is 1.64. The van der Waals surface area contributed by atoms with Gasteiger partial charge in [0.05, 0.1) is 14.2 Å². The predicted octanol–water partition coefficient (Wildman–Crippen LogP) is 2.53. The van der Waals surface area contributed by atoms with E-state index < -0.39 is 5.97 Å². The topological polar surface area (TPSA) is 35.5 Å². The molecule has 4 heteroatoms. The van der Waals surface area contributed by atoms with Crippen molar-refractivity contribution in [3.8, 4) is 5.75 Å². The molecule has 1 aromatic carbocycles. The van der Waals surface area contributed by atoms with Gasteiger partial charge in [0.25, 0.3) is 0 Å². The second-order valence-electron chi connectivity index (χ2n) is 3.13. The standard InChI is InChI=1S/C11H13ClO3/c1-7-4-8(6-12)10(11(13)15-3)9(5-7)14-2/h4-5H,6H2,1-3H3. The molecule has 3 nitrogen and oxygen atoms in total. The van der Waals surface area contributed by atoms with Crippen molar-refractivity contribution in [2.75, 3.05) is 14.2 Å². The molecule has 1 rings (SSSR count). The molecule has 0 N–H and O–H groups in total. The smallest absolute Gasteiger partial charge is 0.341 e. The van der Waals surface area contributed by atoms with E-state index in [9.17, 15) is 4.79 Å². The third-order valence-corrected chi connectivity index (χ3v) is 2.37. The molecule has 0 spiro atoms. The number of esters is 1. The SMILES string of the molecule is COC(=O)c1c(CCl)cc(C)cc1OC. The van der Waals surface area contributed by atoms with Gasteiger partial charge in [-0.3, -0.25) is 0 Å². The number of hydrogen-bond donors (Lipinski definition) is 0. The largest absolute Gasteiger partial charge is 0.496 e. The van der Waals surface area contributed by atoms with Gasteiger partial charge in [0.2, 0.25) is 0 Å². The van der Waals surface area contributed by atoms with Crippen LogP contribution in [0.2, 0.25) is 0 Å². The Morgan fingerprint density at radius 3 is 2.53 bits per heavy atom. The zero-order chi connectivity index (χ0) is 11.4. The van der Waals surface area contributed by atoms with Crippen LogP contribution >= 0.6 is 11.6 Å². The lowest BCUT2D eigenvalue weighted by Crippen LogP contribution is -2.08. The molecule has 0 heterocycles. The van der Waals surface area contributed by atoms with Gasteiger partial charge in [-0.2, -0.15) is 0 Å². The van der Waals surface area contributed by atoms with Gasteiger partial charge in [0, 0.05) is 5.88 Å². The summed E-state index contributed by atoms with van der Waals surface area (Å²) in [7, 11) is 2.85. The maximum atomic E-state index is 11.5. The van der Waals surface area contributed by atoms with Gasteiger partial charge in [-0.25, -0.2) is 4.79 Å². The van der Waals surface area contributed by atoms with Crippen LogP contribution in [-0.2, 0) is 10.6 Å². The number of carbonyl (C=O) groups is 1. The monoisotopic (exact) mass is 228 g/mol. The first-order chi connectivity index (χ1) is 7.13. The molecular formula is C11H13ClO3. The average molecular weight is 229 g/mol. The van der Waals surface area contributed by atoms with E-state index in [2.05, 4.69) is 4.74 Å². The minimum Gasteiger partial charge on any atom is -0.496 e. The third kappa shape index (κ3) is 2.42. The van der Waals surface area contributed by atoms with Gasteiger partial charge in [0.1, 0.15) is 11.3 Å². The van der Waals surface area contributed by atoms with Crippen LogP contribution < -0.4 is 4.74 Å². The Balaban J connectivity index is 3.36. The van der Waals surface area contributed by atoms with E-state index in [1.54, 1.807) is 6.07 Å². The highest BCUT2D eigenvalue weighted by molar-refractivity contribution is 6.17. The van der Waals surface area contributed by atoms with E-state index in [0.29, 0.717) is 11.3 Å². The Morgan fingerprint density at radius 2 is 2.07 bits per heavy atom. The number of hydrogen-bond acceptors (Lipinski definition) is 3. The molecule has 15 heavy (non-hydrogen) atoms. The molecule has 0 aromatic heterocycles. The molecule has 82 valence electrons. The molecule has 0 aliphatic carbocycles. The Labute approximate surface area is 93.9 Å². The van der Waals surface area contributed by atoms with Crippen molar-refractivity contribution in [3.05, 3.63) is 28.8 Å². The molecule has 0 aliphatic rings. The van der Waals surface area contributed by atoms with Crippen molar-refractivity contribution in [3.63, 3.8) is 0 Å². The van der Waals surface area contributed by atoms with Crippen LogP contribution in [0, 0.1) is 6.92 Å². The van der Waals surface area contributed by atoms with Crippen molar-refractivity contribution in [1.82, 2.24) is 0 Å². The van der Waals surface area contributed by atoms with Crippen LogP contribution in [0.15, 0.2) is 12.1 Å². The lowest BCUT2D eigenvalue weighted by molar-refractivity contribution is 0.0596.